The molecule has 3 atom stereocenters. The number of carbonyl (C=O) groups excluding carboxylic acids is 1. The van der Waals surface area contributed by atoms with Crippen molar-refractivity contribution in [3.05, 3.63) is 60.2 Å². The number of hydrogen-bond acceptors (Lipinski definition) is 3. The van der Waals surface area contributed by atoms with Gasteiger partial charge in [0.2, 0.25) is 5.91 Å². The van der Waals surface area contributed by atoms with Crippen molar-refractivity contribution in [3.8, 4) is 0 Å². The van der Waals surface area contributed by atoms with Crippen LogP contribution in [0.2, 0.25) is 0 Å². The molecule has 4 heteroatoms. The van der Waals surface area contributed by atoms with Gasteiger partial charge in [0, 0.05) is 29.1 Å². The maximum absolute atomic E-state index is 13.6. The van der Waals surface area contributed by atoms with Gasteiger partial charge in [0.15, 0.2) is 0 Å². The van der Waals surface area contributed by atoms with Crippen molar-refractivity contribution in [2.75, 3.05) is 24.2 Å². The molecule has 0 aliphatic carbocycles. The third-order valence-electron chi connectivity index (χ3n) is 6.59. The van der Waals surface area contributed by atoms with E-state index in [4.69, 9.17) is 0 Å². The Morgan fingerprint density at radius 2 is 1.96 bits per heavy atom. The molecular formula is C22H24N2OS. The molecule has 134 valence electrons. The molecule has 3 nitrogen and oxygen atoms in total. The van der Waals surface area contributed by atoms with Gasteiger partial charge in [-0.05, 0) is 61.9 Å². The summed E-state index contributed by atoms with van der Waals surface area (Å²) in [5, 5.41) is 0. The number of hydrogen-bond donors (Lipinski definition) is 0. The van der Waals surface area contributed by atoms with Crippen LogP contribution in [0.1, 0.15) is 30.9 Å². The molecular weight excluding hydrogens is 340 g/mol. The second-order valence-electron chi connectivity index (χ2n) is 7.70. The first kappa shape index (κ1) is 16.4. The minimum atomic E-state index is -0.268. The minimum Gasteiger partial charge on any atom is -0.310 e. The van der Waals surface area contributed by atoms with Crippen LogP contribution >= 0.6 is 11.8 Å². The molecule has 0 unspecified atom stereocenters. The van der Waals surface area contributed by atoms with Crippen molar-refractivity contribution in [1.82, 2.24) is 4.90 Å². The number of para-hydroxylation sites is 1. The van der Waals surface area contributed by atoms with E-state index in [-0.39, 0.29) is 5.54 Å². The van der Waals surface area contributed by atoms with E-state index in [1.807, 2.05) is 23.1 Å². The summed E-state index contributed by atoms with van der Waals surface area (Å²) in [6, 6.07) is 19.5. The maximum atomic E-state index is 13.6. The third-order valence-corrected chi connectivity index (χ3v) is 7.32. The van der Waals surface area contributed by atoms with Crippen molar-refractivity contribution >= 4 is 23.4 Å². The van der Waals surface area contributed by atoms with Crippen molar-refractivity contribution in [2.24, 2.45) is 5.92 Å². The molecule has 3 fully saturated rings. The SMILES string of the molecule is CSc1cccc([C@@H]2C[C@H]3CN(c4ccccc4)C(=O)[C@]34CCCN24)c1. The number of amides is 1. The highest BCUT2D eigenvalue weighted by atomic mass is 32.2. The van der Waals surface area contributed by atoms with E-state index in [0.717, 1.165) is 38.0 Å². The molecule has 0 saturated carbocycles. The molecule has 1 amide bonds. The average Bonchev–Trinajstić information content (AvgIpc) is 3.32. The molecule has 3 aliphatic rings. The molecule has 3 saturated heterocycles. The highest BCUT2D eigenvalue weighted by Gasteiger charge is 2.65. The molecule has 2 aromatic rings. The van der Waals surface area contributed by atoms with Gasteiger partial charge in [-0.15, -0.1) is 11.8 Å². The Balaban J connectivity index is 1.50. The van der Waals surface area contributed by atoms with Crippen LogP contribution in [-0.4, -0.2) is 35.7 Å². The van der Waals surface area contributed by atoms with Gasteiger partial charge in [-0.3, -0.25) is 9.69 Å². The van der Waals surface area contributed by atoms with Crippen LogP contribution in [0.5, 0.6) is 0 Å². The number of anilines is 1. The lowest BCUT2D eigenvalue weighted by atomic mass is 9.85. The summed E-state index contributed by atoms with van der Waals surface area (Å²) in [5.41, 5.74) is 2.16. The molecule has 2 aromatic carbocycles. The van der Waals surface area contributed by atoms with Crippen molar-refractivity contribution in [3.63, 3.8) is 0 Å². The summed E-state index contributed by atoms with van der Waals surface area (Å²) in [7, 11) is 0. The Hall–Kier alpha value is -1.78. The molecule has 5 rings (SSSR count). The van der Waals surface area contributed by atoms with Crippen LogP contribution < -0.4 is 4.90 Å². The lowest BCUT2D eigenvalue weighted by molar-refractivity contribution is -0.126. The highest BCUT2D eigenvalue weighted by Crippen LogP contribution is 2.56. The maximum Gasteiger partial charge on any atom is 0.247 e. The van der Waals surface area contributed by atoms with E-state index in [9.17, 15) is 4.79 Å². The van der Waals surface area contributed by atoms with Crippen LogP contribution in [0.4, 0.5) is 5.69 Å². The zero-order valence-electron chi connectivity index (χ0n) is 15.1. The zero-order chi connectivity index (χ0) is 17.7. The molecule has 0 N–H and O–H groups in total. The van der Waals surface area contributed by atoms with E-state index < -0.39 is 0 Å². The second-order valence-corrected chi connectivity index (χ2v) is 8.58. The molecule has 0 bridgehead atoms. The number of thioether (sulfide) groups is 1. The van der Waals surface area contributed by atoms with Crippen LogP contribution in [0.3, 0.4) is 0 Å². The molecule has 0 aromatic heterocycles. The van der Waals surface area contributed by atoms with Gasteiger partial charge in [0.05, 0.1) is 0 Å². The topological polar surface area (TPSA) is 23.6 Å². The Kier molecular flexibility index (Phi) is 3.87. The Morgan fingerprint density at radius 1 is 1.12 bits per heavy atom. The van der Waals surface area contributed by atoms with Crippen LogP contribution in [0, 0.1) is 5.92 Å². The number of rotatable bonds is 3. The summed E-state index contributed by atoms with van der Waals surface area (Å²) in [4.78, 5) is 19.5. The molecule has 0 radical (unpaired) electrons. The largest absolute Gasteiger partial charge is 0.310 e. The predicted molar refractivity (Wildman–Crippen MR) is 107 cm³/mol. The van der Waals surface area contributed by atoms with Crippen LogP contribution in [0.25, 0.3) is 0 Å². The quantitative estimate of drug-likeness (QED) is 0.757. The normalized spacial score (nSPS) is 30.7. The smallest absolute Gasteiger partial charge is 0.247 e. The number of nitrogens with zero attached hydrogens (tertiary/aromatic N) is 2. The van der Waals surface area contributed by atoms with Gasteiger partial charge in [0.1, 0.15) is 5.54 Å². The monoisotopic (exact) mass is 364 g/mol. The van der Waals surface area contributed by atoms with Crippen LogP contribution in [-0.2, 0) is 4.79 Å². The molecule has 3 heterocycles. The first-order chi connectivity index (χ1) is 12.7. The van der Waals surface area contributed by atoms with Gasteiger partial charge < -0.3 is 4.90 Å². The second kappa shape index (κ2) is 6.14. The summed E-state index contributed by atoms with van der Waals surface area (Å²) in [5.74, 6) is 0.760. The first-order valence-corrected chi connectivity index (χ1v) is 10.7. The summed E-state index contributed by atoms with van der Waals surface area (Å²) < 4.78 is 0. The lowest BCUT2D eigenvalue weighted by Gasteiger charge is -2.33. The number of carbonyl (C=O) groups is 1. The van der Waals surface area contributed by atoms with Gasteiger partial charge >= 0.3 is 0 Å². The van der Waals surface area contributed by atoms with E-state index in [2.05, 4.69) is 47.6 Å². The fourth-order valence-corrected chi connectivity index (χ4v) is 5.96. The van der Waals surface area contributed by atoms with Gasteiger partial charge in [-0.1, -0.05) is 30.3 Å². The third kappa shape index (κ3) is 2.21. The standard InChI is InChI=1S/C22H24N2OS/c1-26-19-10-5-7-16(13-19)20-14-17-15-23(18-8-3-2-4-9-18)21(25)22(17)11-6-12-24(20)22/h2-5,7-10,13,17,20H,6,11-12,14-15H2,1H3/t17-,20-,22-/m0/s1. The van der Waals surface area contributed by atoms with E-state index in [0.29, 0.717) is 17.9 Å². The Morgan fingerprint density at radius 3 is 2.77 bits per heavy atom. The minimum absolute atomic E-state index is 0.268. The summed E-state index contributed by atoms with van der Waals surface area (Å²) in [6.07, 6.45) is 5.36. The van der Waals surface area contributed by atoms with E-state index in [1.54, 1.807) is 11.8 Å². The van der Waals surface area contributed by atoms with E-state index >= 15 is 0 Å². The Labute approximate surface area is 159 Å². The average molecular weight is 365 g/mol. The van der Waals surface area contributed by atoms with Gasteiger partial charge in [-0.2, -0.15) is 0 Å². The number of benzene rings is 2. The predicted octanol–water partition coefficient (Wildman–Crippen LogP) is 4.35. The lowest BCUT2D eigenvalue weighted by Crippen LogP contribution is -2.49. The van der Waals surface area contributed by atoms with Crippen LogP contribution in [0.15, 0.2) is 59.5 Å². The Bertz CT molecular complexity index is 839. The fraction of sp³-hybridized carbons (Fsp3) is 0.409. The first-order valence-electron chi connectivity index (χ1n) is 9.52. The summed E-state index contributed by atoms with van der Waals surface area (Å²) >= 11 is 1.79. The molecule has 26 heavy (non-hydrogen) atoms. The van der Waals surface area contributed by atoms with Crippen molar-refractivity contribution < 1.29 is 4.79 Å². The fourth-order valence-electron chi connectivity index (χ4n) is 5.49. The highest BCUT2D eigenvalue weighted by molar-refractivity contribution is 7.98. The van der Waals surface area contributed by atoms with Crippen molar-refractivity contribution in [1.29, 1.82) is 0 Å². The van der Waals surface area contributed by atoms with Crippen molar-refractivity contribution in [2.45, 2.75) is 35.7 Å². The van der Waals surface area contributed by atoms with E-state index in [1.165, 1.54) is 10.5 Å². The molecule has 1 spiro atoms. The van der Waals surface area contributed by atoms with Gasteiger partial charge in [-0.25, -0.2) is 0 Å². The molecule has 3 aliphatic heterocycles. The summed E-state index contributed by atoms with van der Waals surface area (Å²) in [6.45, 7) is 1.90. The zero-order valence-corrected chi connectivity index (χ0v) is 15.9. The van der Waals surface area contributed by atoms with Gasteiger partial charge in [0.25, 0.3) is 0 Å².